The maximum Gasteiger partial charge on any atom is 0.305 e. The smallest absolute Gasteiger partial charge is 0.305 e. The zero-order valence-electron chi connectivity index (χ0n) is 11.7. The second-order valence-electron chi connectivity index (χ2n) is 4.83. The van der Waals surface area contributed by atoms with Crippen LogP contribution in [-0.2, 0) is 20.3 Å². The normalized spacial score (nSPS) is 29.2. The molecule has 1 rings (SSSR count). The van der Waals surface area contributed by atoms with E-state index in [1.807, 2.05) is 6.92 Å². The van der Waals surface area contributed by atoms with Crippen LogP contribution in [0.2, 0.25) is 0 Å². The molecule has 1 saturated heterocycles. The Labute approximate surface area is 113 Å². The van der Waals surface area contributed by atoms with Crippen molar-refractivity contribution in [2.75, 3.05) is 25.4 Å². The highest BCUT2D eigenvalue weighted by molar-refractivity contribution is 7.85. The molecule has 1 aliphatic rings. The summed E-state index contributed by atoms with van der Waals surface area (Å²) in [5, 5.41) is 0.254. The van der Waals surface area contributed by atoms with Gasteiger partial charge in [-0.3, -0.25) is 13.9 Å². The van der Waals surface area contributed by atoms with Gasteiger partial charge in [0.1, 0.15) is 0 Å². The molecule has 1 aliphatic heterocycles. The second kappa shape index (κ2) is 7.89. The third-order valence-electron chi connectivity index (χ3n) is 3.63. The Hall–Kier alpha value is -0.420. The summed E-state index contributed by atoms with van der Waals surface area (Å²) in [7, 11) is -0.669. The summed E-state index contributed by atoms with van der Waals surface area (Å²) >= 11 is 0. The van der Waals surface area contributed by atoms with Crippen LogP contribution in [0.3, 0.4) is 0 Å². The van der Waals surface area contributed by atoms with Crippen molar-refractivity contribution in [2.45, 2.75) is 51.3 Å². The fourth-order valence-electron chi connectivity index (χ4n) is 2.25. The van der Waals surface area contributed by atoms with Gasteiger partial charge < -0.3 is 4.74 Å². The van der Waals surface area contributed by atoms with Crippen LogP contribution in [0.15, 0.2) is 0 Å². The van der Waals surface area contributed by atoms with Gasteiger partial charge in [0, 0.05) is 40.8 Å². The zero-order valence-corrected chi connectivity index (χ0v) is 12.5. The largest absolute Gasteiger partial charge is 0.466 e. The summed E-state index contributed by atoms with van der Waals surface area (Å²) in [5.74, 6) is 0.683. The van der Waals surface area contributed by atoms with Crippen LogP contribution in [0.4, 0.5) is 0 Å². The Morgan fingerprint density at radius 1 is 1.39 bits per heavy atom. The molecule has 0 N–H and O–H groups in total. The Kier molecular flexibility index (Phi) is 6.86. The number of hydrogen-bond donors (Lipinski definition) is 0. The average Bonchev–Trinajstić information content (AvgIpc) is 2.34. The van der Waals surface area contributed by atoms with Crippen molar-refractivity contribution in [3.05, 3.63) is 0 Å². The highest BCUT2D eigenvalue weighted by atomic mass is 32.2. The van der Waals surface area contributed by atoms with Crippen molar-refractivity contribution in [1.82, 2.24) is 4.90 Å². The van der Waals surface area contributed by atoms with Gasteiger partial charge >= 0.3 is 5.97 Å². The van der Waals surface area contributed by atoms with Gasteiger partial charge in [0.25, 0.3) is 0 Å². The summed E-state index contributed by atoms with van der Waals surface area (Å²) in [4.78, 5) is 13.6. The first-order valence-corrected chi connectivity index (χ1v) is 8.21. The fraction of sp³-hybridized carbons (Fsp3) is 0.923. The van der Waals surface area contributed by atoms with Gasteiger partial charge in [0.15, 0.2) is 0 Å². The minimum atomic E-state index is -0.669. The lowest BCUT2D eigenvalue weighted by molar-refractivity contribution is -0.143. The lowest BCUT2D eigenvalue weighted by Crippen LogP contribution is -2.49. The monoisotopic (exact) mass is 275 g/mol. The Bertz CT molecular complexity index is 296. The second-order valence-corrected chi connectivity index (χ2v) is 6.74. The van der Waals surface area contributed by atoms with E-state index in [-0.39, 0.29) is 11.2 Å². The van der Waals surface area contributed by atoms with Crippen LogP contribution in [0.25, 0.3) is 0 Å². The van der Waals surface area contributed by atoms with Crippen molar-refractivity contribution < 1.29 is 13.7 Å². The molecule has 4 nitrogen and oxygen atoms in total. The van der Waals surface area contributed by atoms with E-state index in [2.05, 4.69) is 18.7 Å². The first-order valence-electron chi connectivity index (χ1n) is 6.83. The van der Waals surface area contributed by atoms with Crippen molar-refractivity contribution in [3.63, 3.8) is 0 Å². The standard InChI is InChI=1S/C13H25NO3S/c1-4-17-13(15)7-5-6-8-14-9-10-18(16)12(3)11(14)2/h11-12H,4-10H2,1-3H3/t11-,12+,18+/m1/s1. The van der Waals surface area contributed by atoms with Crippen LogP contribution in [-0.4, -0.2) is 51.8 Å². The molecule has 0 unspecified atom stereocenters. The fourth-order valence-corrected chi connectivity index (χ4v) is 3.64. The van der Waals surface area contributed by atoms with Crippen LogP contribution in [0.1, 0.15) is 40.0 Å². The highest BCUT2D eigenvalue weighted by Crippen LogP contribution is 2.17. The Morgan fingerprint density at radius 2 is 2.11 bits per heavy atom. The summed E-state index contributed by atoms with van der Waals surface area (Å²) < 4.78 is 16.6. The molecule has 0 aromatic heterocycles. The molecule has 5 heteroatoms. The van der Waals surface area contributed by atoms with E-state index in [4.69, 9.17) is 4.74 Å². The molecule has 0 amide bonds. The van der Waals surface area contributed by atoms with Gasteiger partial charge in [-0.05, 0) is 40.2 Å². The number of ether oxygens (including phenoxy) is 1. The first-order chi connectivity index (χ1) is 8.56. The third-order valence-corrected chi connectivity index (χ3v) is 5.44. The summed E-state index contributed by atoms with van der Waals surface area (Å²) in [6, 6.07) is 0.377. The molecular weight excluding hydrogens is 250 g/mol. The SMILES string of the molecule is CCOC(=O)CCCCN1CC[S@](=O)[C@@H](C)[C@H]1C. The average molecular weight is 275 g/mol. The van der Waals surface area contributed by atoms with Gasteiger partial charge in [-0.2, -0.15) is 0 Å². The summed E-state index contributed by atoms with van der Waals surface area (Å²) in [6.07, 6.45) is 2.39. The molecule has 0 aromatic carbocycles. The number of carbonyl (C=O) groups excluding carboxylic acids is 1. The zero-order chi connectivity index (χ0) is 13.5. The lowest BCUT2D eigenvalue weighted by Gasteiger charge is -2.37. The molecule has 1 fully saturated rings. The Morgan fingerprint density at radius 3 is 2.78 bits per heavy atom. The third kappa shape index (κ3) is 4.69. The minimum absolute atomic E-state index is 0.0985. The minimum Gasteiger partial charge on any atom is -0.466 e. The predicted molar refractivity (Wildman–Crippen MR) is 74.0 cm³/mol. The van der Waals surface area contributed by atoms with Crippen LogP contribution in [0.5, 0.6) is 0 Å². The molecule has 0 aliphatic carbocycles. The molecule has 0 bridgehead atoms. The molecule has 1 heterocycles. The molecule has 3 atom stereocenters. The topological polar surface area (TPSA) is 46.6 Å². The van der Waals surface area contributed by atoms with Gasteiger partial charge in [-0.25, -0.2) is 0 Å². The van der Waals surface area contributed by atoms with Crippen molar-refractivity contribution in [3.8, 4) is 0 Å². The van der Waals surface area contributed by atoms with Gasteiger partial charge in [-0.1, -0.05) is 0 Å². The van der Waals surface area contributed by atoms with E-state index < -0.39 is 10.8 Å². The molecule has 0 aromatic rings. The molecule has 106 valence electrons. The maximum atomic E-state index is 11.7. The number of rotatable bonds is 6. The number of esters is 1. The van der Waals surface area contributed by atoms with Crippen molar-refractivity contribution >= 4 is 16.8 Å². The molecule has 18 heavy (non-hydrogen) atoms. The van der Waals surface area contributed by atoms with Gasteiger partial charge in [-0.15, -0.1) is 0 Å². The van der Waals surface area contributed by atoms with Crippen molar-refractivity contribution in [1.29, 1.82) is 0 Å². The van der Waals surface area contributed by atoms with E-state index in [1.54, 1.807) is 0 Å². The van der Waals surface area contributed by atoms with E-state index >= 15 is 0 Å². The predicted octanol–water partition coefficient (Wildman–Crippen LogP) is 1.56. The first kappa shape index (κ1) is 15.6. The van der Waals surface area contributed by atoms with Gasteiger partial charge in [0.2, 0.25) is 0 Å². The van der Waals surface area contributed by atoms with Crippen molar-refractivity contribution in [2.24, 2.45) is 0 Å². The van der Waals surface area contributed by atoms with E-state index in [0.717, 1.165) is 31.7 Å². The molecular formula is C13H25NO3S. The lowest BCUT2D eigenvalue weighted by atomic mass is 10.1. The quantitative estimate of drug-likeness (QED) is 0.545. The summed E-state index contributed by atoms with van der Waals surface area (Å²) in [6.45, 7) is 8.40. The number of unbranched alkanes of at least 4 members (excludes halogenated alkanes) is 1. The number of nitrogens with zero attached hydrogens (tertiary/aromatic N) is 1. The van der Waals surface area contributed by atoms with E-state index in [0.29, 0.717) is 19.1 Å². The maximum absolute atomic E-state index is 11.7. The molecule has 0 saturated carbocycles. The van der Waals surface area contributed by atoms with Crippen LogP contribution in [0, 0.1) is 0 Å². The van der Waals surface area contributed by atoms with Crippen LogP contribution >= 0.6 is 0 Å². The number of hydrogen-bond acceptors (Lipinski definition) is 4. The van der Waals surface area contributed by atoms with Crippen LogP contribution < -0.4 is 0 Å². The van der Waals surface area contributed by atoms with E-state index in [1.165, 1.54) is 0 Å². The summed E-state index contributed by atoms with van der Waals surface area (Å²) in [5.41, 5.74) is 0. The highest BCUT2D eigenvalue weighted by Gasteiger charge is 2.29. The molecule has 0 radical (unpaired) electrons. The Balaban J connectivity index is 2.19. The van der Waals surface area contributed by atoms with Gasteiger partial charge in [0.05, 0.1) is 6.61 Å². The van der Waals surface area contributed by atoms with E-state index in [9.17, 15) is 9.00 Å². The number of carbonyl (C=O) groups is 1. The molecule has 0 spiro atoms.